The molecule has 0 bridgehead atoms. The monoisotopic (exact) mass is 409 g/mol. The van der Waals surface area contributed by atoms with Crippen LogP contribution in [0, 0.1) is 0 Å². The number of nitrogens with one attached hydrogen (secondary N) is 1. The maximum Gasteiger partial charge on any atom is 0.387 e. The largest absolute Gasteiger partial charge is 0.493 e. The Bertz CT molecular complexity index is 857. The number of rotatable bonds is 8. The number of fused-ring (bicyclic) bond motifs is 1. The van der Waals surface area contributed by atoms with Gasteiger partial charge in [0.2, 0.25) is 5.75 Å². The van der Waals surface area contributed by atoms with Crippen molar-refractivity contribution in [2.75, 3.05) is 34.0 Å². The molecule has 0 atom stereocenters. The zero-order chi connectivity index (χ0) is 20.8. The van der Waals surface area contributed by atoms with E-state index >= 15 is 0 Å². The molecule has 0 spiro atoms. The van der Waals surface area contributed by atoms with Gasteiger partial charge in [-0.25, -0.2) is 0 Å². The maximum absolute atomic E-state index is 12.5. The van der Waals surface area contributed by atoms with E-state index in [4.69, 9.17) is 18.9 Å². The number of hydrogen-bond donors (Lipinski definition) is 1. The topological polar surface area (TPSA) is 75.3 Å². The van der Waals surface area contributed by atoms with Crippen molar-refractivity contribution in [1.82, 2.24) is 5.32 Å². The minimum atomic E-state index is -2.93. The molecule has 0 saturated carbocycles. The molecule has 1 aliphatic rings. The van der Waals surface area contributed by atoms with Gasteiger partial charge in [0, 0.05) is 12.1 Å². The molecule has 2 aromatic rings. The van der Waals surface area contributed by atoms with E-state index in [1.807, 2.05) is 0 Å². The standard InChI is InChI=1S/C20H21F2NO6/c1-25-15-9-12(3-4-14(15)29-20(21)22)5-6-23-19(24)13-10-16(26-2)18-17(11-13)27-7-8-28-18/h3-4,9-11,20H,5-8H2,1-2H3,(H,23,24). The smallest absolute Gasteiger partial charge is 0.387 e. The predicted octanol–water partition coefficient (Wildman–Crippen LogP) is 3.05. The molecule has 1 heterocycles. The molecular formula is C20H21F2NO6. The fourth-order valence-electron chi connectivity index (χ4n) is 2.89. The third-order valence-corrected chi connectivity index (χ3v) is 4.23. The van der Waals surface area contributed by atoms with Crippen LogP contribution in [-0.4, -0.2) is 46.5 Å². The zero-order valence-electron chi connectivity index (χ0n) is 16.0. The Labute approximate surface area is 166 Å². The Morgan fingerprint density at radius 1 is 1.07 bits per heavy atom. The molecule has 0 radical (unpaired) electrons. The molecule has 0 unspecified atom stereocenters. The van der Waals surface area contributed by atoms with E-state index in [1.165, 1.54) is 20.3 Å². The van der Waals surface area contributed by atoms with Crippen LogP contribution in [0.3, 0.4) is 0 Å². The number of methoxy groups -OCH3 is 2. The Morgan fingerprint density at radius 3 is 2.55 bits per heavy atom. The van der Waals surface area contributed by atoms with Gasteiger partial charge in [0.25, 0.3) is 5.91 Å². The van der Waals surface area contributed by atoms with Gasteiger partial charge in [-0.2, -0.15) is 8.78 Å². The average Bonchev–Trinajstić information content (AvgIpc) is 2.73. The van der Waals surface area contributed by atoms with Gasteiger partial charge in [0.05, 0.1) is 14.2 Å². The highest BCUT2D eigenvalue weighted by Gasteiger charge is 2.21. The molecule has 0 saturated heterocycles. The Kier molecular flexibility index (Phi) is 6.58. The van der Waals surface area contributed by atoms with E-state index in [0.29, 0.717) is 49.0 Å². The predicted molar refractivity (Wildman–Crippen MR) is 99.6 cm³/mol. The number of amides is 1. The molecule has 156 valence electrons. The van der Waals surface area contributed by atoms with Crippen molar-refractivity contribution in [2.24, 2.45) is 0 Å². The molecule has 1 aliphatic heterocycles. The summed E-state index contributed by atoms with van der Waals surface area (Å²) in [5.41, 5.74) is 1.17. The highest BCUT2D eigenvalue weighted by molar-refractivity contribution is 5.95. The van der Waals surface area contributed by atoms with Crippen molar-refractivity contribution in [1.29, 1.82) is 0 Å². The third kappa shape index (κ3) is 4.98. The van der Waals surface area contributed by atoms with Crippen molar-refractivity contribution >= 4 is 5.91 Å². The number of hydrogen-bond acceptors (Lipinski definition) is 6. The van der Waals surface area contributed by atoms with Crippen LogP contribution in [0.25, 0.3) is 0 Å². The van der Waals surface area contributed by atoms with Crippen LogP contribution in [0.2, 0.25) is 0 Å². The third-order valence-electron chi connectivity index (χ3n) is 4.23. The van der Waals surface area contributed by atoms with E-state index in [9.17, 15) is 13.6 Å². The van der Waals surface area contributed by atoms with Gasteiger partial charge in [-0.05, 0) is 36.2 Å². The highest BCUT2D eigenvalue weighted by Crippen LogP contribution is 2.40. The summed E-state index contributed by atoms with van der Waals surface area (Å²) in [5.74, 6) is 1.22. The normalized spacial score (nSPS) is 12.4. The summed E-state index contributed by atoms with van der Waals surface area (Å²) in [4.78, 5) is 12.5. The Hall–Kier alpha value is -3.23. The van der Waals surface area contributed by atoms with Gasteiger partial charge < -0.3 is 29.0 Å². The number of halogens is 2. The second kappa shape index (κ2) is 9.31. The van der Waals surface area contributed by atoms with Gasteiger partial charge in [-0.1, -0.05) is 6.07 Å². The van der Waals surface area contributed by atoms with Crippen LogP contribution >= 0.6 is 0 Å². The Morgan fingerprint density at radius 2 is 1.83 bits per heavy atom. The highest BCUT2D eigenvalue weighted by atomic mass is 19.3. The molecule has 1 N–H and O–H groups in total. The second-order valence-corrected chi connectivity index (χ2v) is 6.07. The first-order valence-electron chi connectivity index (χ1n) is 8.89. The molecule has 7 nitrogen and oxygen atoms in total. The van der Waals surface area contributed by atoms with Crippen molar-refractivity contribution in [3.8, 4) is 28.7 Å². The molecule has 2 aromatic carbocycles. The summed E-state index contributed by atoms with van der Waals surface area (Å²) in [6.45, 7) is -1.79. The number of alkyl halides is 2. The summed E-state index contributed by atoms with van der Waals surface area (Å²) in [7, 11) is 2.86. The minimum Gasteiger partial charge on any atom is -0.493 e. The fraction of sp³-hybridized carbons (Fsp3) is 0.350. The van der Waals surface area contributed by atoms with E-state index in [1.54, 1.807) is 24.3 Å². The number of benzene rings is 2. The van der Waals surface area contributed by atoms with Crippen LogP contribution in [0.1, 0.15) is 15.9 Å². The zero-order valence-corrected chi connectivity index (χ0v) is 16.0. The lowest BCUT2D eigenvalue weighted by Crippen LogP contribution is -2.26. The summed E-state index contributed by atoms with van der Waals surface area (Å²) in [6.07, 6.45) is 0.471. The molecular weight excluding hydrogens is 388 g/mol. The lowest BCUT2D eigenvalue weighted by Gasteiger charge is -2.21. The summed E-state index contributed by atoms with van der Waals surface area (Å²) >= 11 is 0. The molecule has 0 aromatic heterocycles. The quantitative estimate of drug-likeness (QED) is 0.722. The summed E-state index contributed by atoms with van der Waals surface area (Å²) in [5, 5.41) is 2.81. The fourth-order valence-corrected chi connectivity index (χ4v) is 2.89. The summed E-state index contributed by atoms with van der Waals surface area (Å²) < 4.78 is 50.6. The second-order valence-electron chi connectivity index (χ2n) is 6.07. The first-order valence-corrected chi connectivity index (χ1v) is 8.89. The lowest BCUT2D eigenvalue weighted by atomic mass is 10.1. The first-order chi connectivity index (χ1) is 14.0. The van der Waals surface area contributed by atoms with Crippen LogP contribution in [0.5, 0.6) is 28.7 Å². The van der Waals surface area contributed by atoms with E-state index < -0.39 is 6.61 Å². The van der Waals surface area contributed by atoms with Crippen molar-refractivity contribution in [3.05, 3.63) is 41.5 Å². The molecule has 0 fully saturated rings. The van der Waals surface area contributed by atoms with Crippen molar-refractivity contribution < 1.29 is 37.3 Å². The van der Waals surface area contributed by atoms with E-state index in [0.717, 1.165) is 5.56 Å². The van der Waals surface area contributed by atoms with E-state index in [2.05, 4.69) is 10.1 Å². The van der Waals surface area contributed by atoms with Crippen molar-refractivity contribution in [2.45, 2.75) is 13.0 Å². The van der Waals surface area contributed by atoms with Crippen LogP contribution < -0.4 is 29.0 Å². The number of ether oxygens (including phenoxy) is 5. The lowest BCUT2D eigenvalue weighted by molar-refractivity contribution is -0.0512. The number of carbonyl (C=O) groups is 1. The molecule has 0 aliphatic carbocycles. The van der Waals surface area contributed by atoms with Gasteiger partial charge in [-0.3, -0.25) is 4.79 Å². The van der Waals surface area contributed by atoms with E-state index in [-0.39, 0.29) is 17.4 Å². The molecule has 29 heavy (non-hydrogen) atoms. The molecule has 3 rings (SSSR count). The van der Waals surface area contributed by atoms with Crippen molar-refractivity contribution in [3.63, 3.8) is 0 Å². The van der Waals surface area contributed by atoms with Gasteiger partial charge >= 0.3 is 6.61 Å². The maximum atomic E-state index is 12.5. The van der Waals surface area contributed by atoms with Gasteiger partial charge in [-0.15, -0.1) is 0 Å². The van der Waals surface area contributed by atoms with Crippen LogP contribution in [0.15, 0.2) is 30.3 Å². The first kappa shape index (κ1) is 20.5. The SMILES string of the molecule is COc1cc(CCNC(=O)c2cc(OC)c3c(c2)OCCO3)ccc1OC(F)F. The molecule has 9 heteroatoms. The number of carbonyl (C=O) groups excluding carboxylic acids is 1. The molecule has 1 amide bonds. The summed E-state index contributed by atoms with van der Waals surface area (Å²) in [6, 6.07) is 7.83. The van der Waals surface area contributed by atoms with Crippen LogP contribution in [-0.2, 0) is 6.42 Å². The average molecular weight is 409 g/mol. The van der Waals surface area contributed by atoms with Gasteiger partial charge in [0.1, 0.15) is 13.2 Å². The Balaban J connectivity index is 1.63. The van der Waals surface area contributed by atoms with Gasteiger partial charge in [0.15, 0.2) is 23.0 Å². The minimum absolute atomic E-state index is 0.0429. The van der Waals surface area contributed by atoms with Crippen LogP contribution in [0.4, 0.5) is 8.78 Å².